The number of ether oxygens (including phenoxy) is 3. The maximum Gasteiger partial charge on any atom is 0.203 e. The quantitative estimate of drug-likeness (QED) is 0.876. The van der Waals surface area contributed by atoms with Gasteiger partial charge in [-0.1, -0.05) is 6.07 Å². The molecule has 1 aliphatic rings. The highest BCUT2D eigenvalue weighted by Crippen LogP contribution is 2.50. The number of methoxy groups -OCH3 is 3. The summed E-state index contributed by atoms with van der Waals surface area (Å²) >= 11 is 0. The van der Waals surface area contributed by atoms with Crippen LogP contribution >= 0.6 is 0 Å². The van der Waals surface area contributed by atoms with E-state index in [9.17, 15) is 4.79 Å². The van der Waals surface area contributed by atoms with Gasteiger partial charge in [-0.05, 0) is 54.8 Å². The summed E-state index contributed by atoms with van der Waals surface area (Å²) in [5.41, 5.74) is 9.70. The van der Waals surface area contributed by atoms with Gasteiger partial charge in [0, 0.05) is 11.6 Å². The molecule has 6 nitrogen and oxygen atoms in total. The van der Waals surface area contributed by atoms with Crippen LogP contribution in [0.2, 0.25) is 0 Å². The van der Waals surface area contributed by atoms with Crippen LogP contribution in [0.1, 0.15) is 23.6 Å². The van der Waals surface area contributed by atoms with Gasteiger partial charge in [0.1, 0.15) is 0 Å². The van der Waals surface area contributed by atoms with Crippen LogP contribution in [0.15, 0.2) is 29.1 Å². The minimum Gasteiger partial charge on any atom is -0.493 e. The van der Waals surface area contributed by atoms with Crippen molar-refractivity contribution in [2.45, 2.75) is 18.9 Å². The molecule has 0 saturated heterocycles. The average molecular weight is 356 g/mol. The highest BCUT2D eigenvalue weighted by molar-refractivity contribution is 5.82. The van der Waals surface area contributed by atoms with E-state index in [1.807, 2.05) is 19.2 Å². The average Bonchev–Trinajstić information content (AvgIpc) is 2.89. The zero-order valence-corrected chi connectivity index (χ0v) is 15.5. The zero-order chi connectivity index (χ0) is 18.8. The smallest absolute Gasteiger partial charge is 0.203 e. The first-order valence-corrected chi connectivity index (χ1v) is 8.48. The number of fused-ring (bicyclic) bond motifs is 3. The van der Waals surface area contributed by atoms with E-state index in [4.69, 9.17) is 19.9 Å². The van der Waals surface area contributed by atoms with Crippen molar-refractivity contribution in [1.29, 1.82) is 0 Å². The molecule has 1 aliphatic carbocycles. The highest BCUT2D eigenvalue weighted by Gasteiger charge is 2.28. The monoisotopic (exact) mass is 356 g/mol. The van der Waals surface area contributed by atoms with Crippen LogP contribution < -0.4 is 30.7 Å². The van der Waals surface area contributed by atoms with E-state index < -0.39 is 0 Å². The Morgan fingerprint density at radius 1 is 1.08 bits per heavy atom. The molecule has 0 radical (unpaired) electrons. The van der Waals surface area contributed by atoms with Gasteiger partial charge in [0.25, 0.3) is 0 Å². The number of aryl methyl sites for hydroxylation is 1. The lowest BCUT2D eigenvalue weighted by molar-refractivity contribution is 0.324. The Bertz CT molecular complexity index is 896. The van der Waals surface area contributed by atoms with E-state index in [-0.39, 0.29) is 17.2 Å². The Morgan fingerprint density at radius 2 is 1.81 bits per heavy atom. The molecule has 3 rings (SSSR count). The number of anilines is 1. The summed E-state index contributed by atoms with van der Waals surface area (Å²) < 4.78 is 16.8. The SMILES string of the molecule is CN[C@@H]1CCc2cc(OC)c(OC)c(OC)c2-c2ccc(N)c(=O)cc21. The summed E-state index contributed by atoms with van der Waals surface area (Å²) in [6, 6.07) is 7.16. The van der Waals surface area contributed by atoms with Crippen molar-refractivity contribution in [3.05, 3.63) is 45.6 Å². The largest absolute Gasteiger partial charge is 0.493 e. The molecule has 3 N–H and O–H groups in total. The van der Waals surface area contributed by atoms with E-state index in [1.165, 1.54) is 0 Å². The van der Waals surface area contributed by atoms with Crippen LogP contribution in [0.3, 0.4) is 0 Å². The first-order chi connectivity index (χ1) is 12.5. The number of nitrogen functional groups attached to an aromatic ring is 1. The topological polar surface area (TPSA) is 82.8 Å². The van der Waals surface area contributed by atoms with Gasteiger partial charge in [-0.2, -0.15) is 0 Å². The van der Waals surface area contributed by atoms with E-state index in [0.29, 0.717) is 17.2 Å². The summed E-state index contributed by atoms with van der Waals surface area (Å²) in [5, 5.41) is 3.31. The minimum atomic E-state index is -0.186. The molecule has 0 saturated carbocycles. The lowest BCUT2D eigenvalue weighted by Gasteiger charge is -2.19. The fourth-order valence-electron chi connectivity index (χ4n) is 3.62. The van der Waals surface area contributed by atoms with Gasteiger partial charge in [-0.3, -0.25) is 4.79 Å². The summed E-state index contributed by atoms with van der Waals surface area (Å²) in [6.07, 6.45) is 1.64. The van der Waals surface area contributed by atoms with Gasteiger partial charge in [-0.25, -0.2) is 0 Å². The fourth-order valence-corrected chi connectivity index (χ4v) is 3.62. The number of nitrogens with two attached hydrogens (primary N) is 1. The van der Waals surface area contributed by atoms with Crippen LogP contribution in [-0.2, 0) is 6.42 Å². The van der Waals surface area contributed by atoms with Gasteiger partial charge in [0.05, 0.1) is 27.0 Å². The van der Waals surface area contributed by atoms with Crippen molar-refractivity contribution in [2.75, 3.05) is 34.1 Å². The van der Waals surface area contributed by atoms with Gasteiger partial charge in [-0.15, -0.1) is 0 Å². The molecule has 0 spiro atoms. The molecule has 0 heterocycles. The van der Waals surface area contributed by atoms with Gasteiger partial charge in [0.2, 0.25) is 11.2 Å². The Hall–Kier alpha value is -2.73. The highest BCUT2D eigenvalue weighted by atomic mass is 16.5. The van der Waals surface area contributed by atoms with Crippen molar-refractivity contribution in [2.24, 2.45) is 0 Å². The van der Waals surface area contributed by atoms with E-state index >= 15 is 0 Å². The number of hydrogen-bond acceptors (Lipinski definition) is 6. The number of hydrogen-bond donors (Lipinski definition) is 2. The number of nitrogens with one attached hydrogen (secondary N) is 1. The first kappa shape index (κ1) is 18.1. The maximum atomic E-state index is 12.3. The number of rotatable bonds is 4. The molecule has 6 heteroatoms. The van der Waals surface area contributed by atoms with Gasteiger partial charge < -0.3 is 25.3 Å². The van der Waals surface area contributed by atoms with E-state index in [2.05, 4.69) is 5.32 Å². The molecule has 2 aromatic carbocycles. The minimum absolute atomic E-state index is 0.0265. The summed E-state index contributed by atoms with van der Waals surface area (Å²) in [7, 11) is 6.69. The Morgan fingerprint density at radius 3 is 2.42 bits per heavy atom. The van der Waals surface area contributed by atoms with Crippen molar-refractivity contribution < 1.29 is 14.2 Å². The molecular formula is C20H24N2O4. The molecule has 138 valence electrons. The predicted molar refractivity (Wildman–Crippen MR) is 102 cm³/mol. The van der Waals surface area contributed by atoms with E-state index in [1.54, 1.807) is 33.5 Å². The van der Waals surface area contributed by atoms with Crippen molar-refractivity contribution >= 4 is 5.69 Å². The van der Waals surface area contributed by atoms with Crippen LogP contribution in [0.25, 0.3) is 11.1 Å². The second kappa shape index (κ2) is 7.25. The van der Waals surface area contributed by atoms with Crippen LogP contribution in [-0.4, -0.2) is 28.4 Å². The van der Waals surface area contributed by atoms with E-state index in [0.717, 1.165) is 35.1 Å². The van der Waals surface area contributed by atoms with Crippen molar-refractivity contribution in [3.8, 4) is 28.4 Å². The van der Waals surface area contributed by atoms with Crippen molar-refractivity contribution in [3.63, 3.8) is 0 Å². The van der Waals surface area contributed by atoms with Crippen molar-refractivity contribution in [1.82, 2.24) is 5.32 Å². The third-order valence-corrected chi connectivity index (χ3v) is 4.92. The molecule has 0 amide bonds. The maximum absolute atomic E-state index is 12.3. The Balaban J connectivity index is 2.44. The first-order valence-electron chi connectivity index (χ1n) is 8.48. The zero-order valence-electron chi connectivity index (χ0n) is 15.5. The second-order valence-corrected chi connectivity index (χ2v) is 6.23. The molecule has 2 aromatic rings. The molecule has 0 aliphatic heterocycles. The van der Waals surface area contributed by atoms with Gasteiger partial charge >= 0.3 is 0 Å². The molecule has 0 fully saturated rings. The Kier molecular flexibility index (Phi) is 5.04. The molecule has 0 bridgehead atoms. The lowest BCUT2D eigenvalue weighted by atomic mass is 9.95. The molecule has 1 atom stereocenters. The lowest BCUT2D eigenvalue weighted by Crippen LogP contribution is -2.17. The number of benzene rings is 1. The fraction of sp³-hybridized carbons (Fsp3) is 0.350. The molecular weight excluding hydrogens is 332 g/mol. The molecule has 26 heavy (non-hydrogen) atoms. The second-order valence-electron chi connectivity index (χ2n) is 6.23. The van der Waals surface area contributed by atoms with Gasteiger partial charge in [0.15, 0.2) is 11.5 Å². The summed E-state index contributed by atoms with van der Waals surface area (Å²) in [5.74, 6) is 1.75. The third-order valence-electron chi connectivity index (χ3n) is 4.92. The van der Waals surface area contributed by atoms with Crippen LogP contribution in [0, 0.1) is 0 Å². The molecule has 0 unspecified atom stereocenters. The van der Waals surface area contributed by atoms with Crippen LogP contribution in [0.5, 0.6) is 17.2 Å². The predicted octanol–water partition coefficient (Wildman–Crippen LogP) is 2.53. The van der Waals surface area contributed by atoms with Crippen LogP contribution in [0.4, 0.5) is 5.69 Å². The summed E-state index contributed by atoms with van der Waals surface area (Å²) in [4.78, 5) is 12.3. The third kappa shape index (κ3) is 2.86. The Labute approximate surface area is 152 Å². The normalized spacial score (nSPS) is 15.5. The molecule has 0 aromatic heterocycles. The summed E-state index contributed by atoms with van der Waals surface area (Å²) in [6.45, 7) is 0. The standard InChI is InChI=1S/C20H24N2O4/c1-22-15-8-5-11-9-17(24-2)19(25-3)20(26-4)18(11)12-6-7-14(21)16(23)10-13(12)15/h6-7,9-10,15,22H,5,8H2,1-4H3,(H2,21,23)/t15-/m1/s1.